The molecule has 3 atom stereocenters. The quantitative estimate of drug-likeness (QED) is 0.866. The zero-order chi connectivity index (χ0) is 14.5. The average molecular weight is 277 g/mol. The highest BCUT2D eigenvalue weighted by atomic mass is 16.5. The second-order valence-corrected chi connectivity index (χ2v) is 5.58. The number of aliphatic hydroxyl groups excluding tert-OH is 1. The van der Waals surface area contributed by atoms with Crippen molar-refractivity contribution >= 4 is 5.91 Å². The van der Waals surface area contributed by atoms with E-state index in [9.17, 15) is 9.90 Å². The first-order chi connectivity index (χ1) is 9.56. The third-order valence-corrected chi connectivity index (χ3v) is 3.83. The van der Waals surface area contributed by atoms with Gasteiger partial charge in [0.1, 0.15) is 5.75 Å². The fraction of sp³-hybridized carbons (Fsp3) is 0.562. The Hall–Kier alpha value is -1.55. The van der Waals surface area contributed by atoms with Gasteiger partial charge in [0.2, 0.25) is 0 Å². The number of hydrogen-bond donors (Lipinski definition) is 2. The van der Waals surface area contributed by atoms with Crippen molar-refractivity contribution in [3.63, 3.8) is 0 Å². The summed E-state index contributed by atoms with van der Waals surface area (Å²) in [4.78, 5) is 12.0. The molecule has 2 rings (SSSR count). The number of carbonyl (C=O) groups is 1. The van der Waals surface area contributed by atoms with Gasteiger partial charge in [0, 0.05) is 12.5 Å². The third-order valence-electron chi connectivity index (χ3n) is 3.83. The van der Waals surface area contributed by atoms with Crippen molar-refractivity contribution in [2.75, 3.05) is 6.54 Å². The van der Waals surface area contributed by atoms with Crippen molar-refractivity contribution in [3.05, 3.63) is 29.8 Å². The Kier molecular flexibility index (Phi) is 5.01. The topological polar surface area (TPSA) is 58.6 Å². The van der Waals surface area contributed by atoms with E-state index < -0.39 is 6.10 Å². The molecule has 3 unspecified atom stereocenters. The van der Waals surface area contributed by atoms with Crippen molar-refractivity contribution in [3.8, 4) is 5.75 Å². The predicted octanol–water partition coefficient (Wildman–Crippen LogP) is 2.04. The summed E-state index contributed by atoms with van der Waals surface area (Å²) < 4.78 is 5.62. The van der Waals surface area contributed by atoms with Gasteiger partial charge in [-0.1, -0.05) is 18.6 Å². The summed E-state index contributed by atoms with van der Waals surface area (Å²) in [6.07, 6.45) is 2.06. The van der Waals surface area contributed by atoms with Crippen molar-refractivity contribution < 1.29 is 14.6 Å². The molecule has 1 saturated carbocycles. The second-order valence-electron chi connectivity index (χ2n) is 5.58. The molecule has 0 bridgehead atoms. The van der Waals surface area contributed by atoms with Crippen LogP contribution in [0.25, 0.3) is 0 Å². The molecule has 0 spiro atoms. The first kappa shape index (κ1) is 14.9. The van der Waals surface area contributed by atoms with Crippen LogP contribution in [0.5, 0.6) is 5.75 Å². The van der Waals surface area contributed by atoms with E-state index in [2.05, 4.69) is 5.32 Å². The molecular weight excluding hydrogens is 254 g/mol. The molecule has 0 radical (unpaired) electrons. The summed E-state index contributed by atoms with van der Waals surface area (Å²) in [6, 6.07) is 7.64. The van der Waals surface area contributed by atoms with E-state index in [0.717, 1.165) is 24.8 Å². The molecule has 0 heterocycles. The van der Waals surface area contributed by atoms with Gasteiger partial charge in [0.25, 0.3) is 5.91 Å². The van der Waals surface area contributed by atoms with Gasteiger partial charge in [0.05, 0.1) is 6.10 Å². The highest BCUT2D eigenvalue weighted by Gasteiger charge is 2.26. The van der Waals surface area contributed by atoms with Crippen LogP contribution in [0.1, 0.15) is 31.7 Å². The first-order valence-electron chi connectivity index (χ1n) is 7.25. The maximum atomic E-state index is 12.0. The summed E-state index contributed by atoms with van der Waals surface area (Å²) in [7, 11) is 0. The highest BCUT2D eigenvalue weighted by molar-refractivity contribution is 5.80. The Bertz CT molecular complexity index is 461. The minimum atomic E-state index is -0.532. The molecule has 0 aromatic heterocycles. The second kappa shape index (κ2) is 6.75. The molecule has 1 aliphatic carbocycles. The fourth-order valence-corrected chi connectivity index (χ4v) is 2.58. The van der Waals surface area contributed by atoms with Crippen molar-refractivity contribution in [1.29, 1.82) is 0 Å². The van der Waals surface area contributed by atoms with Crippen molar-refractivity contribution in [2.24, 2.45) is 5.92 Å². The van der Waals surface area contributed by atoms with Gasteiger partial charge in [-0.3, -0.25) is 4.79 Å². The summed E-state index contributed by atoms with van der Waals surface area (Å²) in [5.74, 6) is 0.754. The molecule has 4 heteroatoms. The van der Waals surface area contributed by atoms with Gasteiger partial charge in [-0.2, -0.15) is 0 Å². The number of hydrogen-bond acceptors (Lipinski definition) is 3. The number of nitrogens with one attached hydrogen (secondary N) is 1. The summed E-state index contributed by atoms with van der Waals surface area (Å²) in [6.45, 7) is 4.25. The number of rotatable bonds is 5. The number of benzene rings is 1. The van der Waals surface area contributed by atoms with E-state index >= 15 is 0 Å². The SMILES string of the molecule is Cc1cccc(OC(C)C(=O)NCC2CCCC2O)c1. The molecule has 1 aromatic rings. The number of aliphatic hydroxyl groups is 1. The van der Waals surface area contributed by atoms with Crippen LogP contribution < -0.4 is 10.1 Å². The van der Waals surface area contributed by atoms with Gasteiger partial charge in [-0.25, -0.2) is 0 Å². The molecule has 0 aliphatic heterocycles. The van der Waals surface area contributed by atoms with E-state index in [-0.39, 0.29) is 17.9 Å². The minimum absolute atomic E-state index is 0.134. The van der Waals surface area contributed by atoms with Crippen LogP contribution in [-0.4, -0.2) is 29.8 Å². The standard InChI is InChI=1S/C16H23NO3/c1-11-5-3-7-14(9-11)20-12(2)16(19)17-10-13-6-4-8-15(13)18/h3,5,7,9,12-13,15,18H,4,6,8,10H2,1-2H3,(H,17,19). The Morgan fingerprint density at radius 2 is 2.30 bits per heavy atom. The molecule has 2 N–H and O–H groups in total. The lowest BCUT2D eigenvalue weighted by Crippen LogP contribution is -2.40. The van der Waals surface area contributed by atoms with E-state index in [4.69, 9.17) is 4.74 Å². The maximum Gasteiger partial charge on any atom is 0.260 e. The minimum Gasteiger partial charge on any atom is -0.481 e. The molecule has 1 aliphatic rings. The third kappa shape index (κ3) is 3.97. The Morgan fingerprint density at radius 3 is 2.95 bits per heavy atom. The van der Waals surface area contributed by atoms with Gasteiger partial charge in [-0.05, 0) is 44.4 Å². The summed E-state index contributed by atoms with van der Waals surface area (Å²) in [5, 5.41) is 12.6. The highest BCUT2D eigenvalue weighted by Crippen LogP contribution is 2.24. The number of carbonyl (C=O) groups excluding carboxylic acids is 1. The van der Waals surface area contributed by atoms with E-state index in [1.807, 2.05) is 31.2 Å². The lowest BCUT2D eigenvalue weighted by atomic mass is 10.1. The normalized spacial score (nSPS) is 23.4. The lowest BCUT2D eigenvalue weighted by Gasteiger charge is -2.18. The van der Waals surface area contributed by atoms with Gasteiger partial charge in [0.15, 0.2) is 6.10 Å². The van der Waals surface area contributed by atoms with Crippen LogP contribution in [0.3, 0.4) is 0 Å². The molecule has 1 amide bonds. The zero-order valence-electron chi connectivity index (χ0n) is 12.1. The lowest BCUT2D eigenvalue weighted by molar-refractivity contribution is -0.127. The average Bonchev–Trinajstić information content (AvgIpc) is 2.81. The van der Waals surface area contributed by atoms with E-state index in [0.29, 0.717) is 12.3 Å². The zero-order valence-corrected chi connectivity index (χ0v) is 12.1. The predicted molar refractivity (Wildman–Crippen MR) is 77.6 cm³/mol. The Balaban J connectivity index is 1.80. The van der Waals surface area contributed by atoms with Crippen molar-refractivity contribution in [2.45, 2.75) is 45.3 Å². The van der Waals surface area contributed by atoms with Crippen LogP contribution in [-0.2, 0) is 4.79 Å². The van der Waals surface area contributed by atoms with Gasteiger partial charge < -0.3 is 15.2 Å². The number of ether oxygens (including phenoxy) is 1. The van der Waals surface area contributed by atoms with Crippen LogP contribution >= 0.6 is 0 Å². The Labute approximate surface area is 120 Å². The smallest absolute Gasteiger partial charge is 0.260 e. The first-order valence-corrected chi connectivity index (χ1v) is 7.25. The van der Waals surface area contributed by atoms with Crippen LogP contribution in [0.15, 0.2) is 24.3 Å². The summed E-state index contributed by atoms with van der Waals surface area (Å²) >= 11 is 0. The monoisotopic (exact) mass is 277 g/mol. The summed E-state index contributed by atoms with van der Waals surface area (Å²) in [5.41, 5.74) is 1.10. The van der Waals surface area contributed by atoms with Crippen LogP contribution in [0.4, 0.5) is 0 Å². The molecule has 0 saturated heterocycles. The maximum absolute atomic E-state index is 12.0. The Morgan fingerprint density at radius 1 is 1.50 bits per heavy atom. The molecular formula is C16H23NO3. The van der Waals surface area contributed by atoms with E-state index in [1.54, 1.807) is 6.92 Å². The molecule has 4 nitrogen and oxygen atoms in total. The molecule has 1 aromatic carbocycles. The fourth-order valence-electron chi connectivity index (χ4n) is 2.58. The number of amides is 1. The van der Waals surface area contributed by atoms with Crippen LogP contribution in [0.2, 0.25) is 0 Å². The van der Waals surface area contributed by atoms with Crippen LogP contribution in [0, 0.1) is 12.8 Å². The van der Waals surface area contributed by atoms with E-state index in [1.165, 1.54) is 0 Å². The van der Waals surface area contributed by atoms with Gasteiger partial charge in [-0.15, -0.1) is 0 Å². The molecule has 110 valence electrons. The molecule has 1 fully saturated rings. The largest absolute Gasteiger partial charge is 0.481 e. The van der Waals surface area contributed by atoms with Gasteiger partial charge >= 0.3 is 0 Å². The van der Waals surface area contributed by atoms with Crippen molar-refractivity contribution in [1.82, 2.24) is 5.32 Å². The molecule has 20 heavy (non-hydrogen) atoms. The number of aryl methyl sites for hydroxylation is 1.